The highest BCUT2D eigenvalue weighted by atomic mass is 35.5. The van der Waals surface area contributed by atoms with Gasteiger partial charge in [-0.3, -0.25) is 29.3 Å². The molecule has 3 aromatic rings. The molecule has 1 atom stereocenters. The van der Waals surface area contributed by atoms with Gasteiger partial charge in [-0.25, -0.2) is 4.90 Å². The molecule has 0 aliphatic carbocycles. The molecule has 2 aliphatic rings. The Hall–Kier alpha value is -3.90. The summed E-state index contributed by atoms with van der Waals surface area (Å²) in [5.74, 6) is -3.24. The number of fused-ring (bicyclic) bond motifs is 1. The first-order chi connectivity index (χ1) is 19.4. The molecule has 1 fully saturated rings. The molecule has 5 rings (SSSR count). The van der Waals surface area contributed by atoms with Crippen LogP contribution in [0.5, 0.6) is 11.5 Å². The van der Waals surface area contributed by atoms with E-state index in [0.717, 1.165) is 4.90 Å². The number of esters is 1. The molecule has 3 aromatic carbocycles. The van der Waals surface area contributed by atoms with Gasteiger partial charge < -0.3 is 14.4 Å². The molecule has 210 valence electrons. The Morgan fingerprint density at radius 3 is 2.05 bits per heavy atom. The second kappa shape index (κ2) is 10.8. The van der Waals surface area contributed by atoms with Crippen molar-refractivity contribution in [1.82, 2.24) is 0 Å². The van der Waals surface area contributed by atoms with E-state index in [0.29, 0.717) is 0 Å². The van der Waals surface area contributed by atoms with Gasteiger partial charge in [-0.05, 0) is 30.3 Å². The summed E-state index contributed by atoms with van der Waals surface area (Å²) in [5, 5.41) is 10.4. The van der Waals surface area contributed by atoms with E-state index in [4.69, 9.17) is 55.9 Å². The lowest BCUT2D eigenvalue weighted by Crippen LogP contribution is -2.29. The van der Waals surface area contributed by atoms with Crippen LogP contribution in [0.2, 0.25) is 20.1 Å². The van der Waals surface area contributed by atoms with Crippen molar-refractivity contribution in [1.29, 1.82) is 0 Å². The van der Waals surface area contributed by atoms with Crippen LogP contribution in [0.3, 0.4) is 0 Å². The SMILES string of the molecule is COc1cc([N+](=O)[O-])ccc1N1C[C@H](C(=O)Oc2ccc(N3C(=O)c4c(Cl)c(Cl)c(Cl)c(Cl)c4C3=O)cc2)CC1=O. The highest BCUT2D eigenvalue weighted by Gasteiger charge is 2.42. The number of rotatable bonds is 6. The van der Waals surface area contributed by atoms with E-state index in [-0.39, 0.29) is 72.7 Å². The molecule has 0 spiro atoms. The lowest BCUT2D eigenvalue weighted by molar-refractivity contribution is -0.384. The minimum absolute atomic E-state index is 0.0361. The minimum Gasteiger partial charge on any atom is -0.494 e. The zero-order chi connectivity index (χ0) is 29.7. The molecular formula is C26H15Cl4N3O8. The summed E-state index contributed by atoms with van der Waals surface area (Å²) in [6.07, 6.45) is -0.154. The molecule has 0 N–H and O–H groups in total. The standard InChI is InChI=1S/C26H15Cl4N3O8/c1-40-16-9-13(33(38)39)4-7-15(16)31-10-11(8-17(31)34)26(37)41-14-5-2-12(3-6-14)32-24(35)18-19(25(32)36)21(28)23(30)22(29)20(18)27/h2-7,9,11H,8,10H2,1H3/t11-/m1/s1. The Balaban J connectivity index is 1.30. The van der Waals surface area contributed by atoms with E-state index in [1.807, 2.05) is 0 Å². The fourth-order valence-electron chi connectivity index (χ4n) is 4.55. The van der Waals surface area contributed by atoms with Crippen molar-refractivity contribution in [2.75, 3.05) is 23.5 Å². The fraction of sp³-hybridized carbons (Fsp3) is 0.154. The van der Waals surface area contributed by atoms with E-state index in [1.54, 1.807) is 0 Å². The Morgan fingerprint density at radius 2 is 1.51 bits per heavy atom. The maximum atomic E-state index is 13.1. The number of ether oxygens (including phenoxy) is 2. The lowest BCUT2D eigenvalue weighted by atomic mass is 10.1. The largest absolute Gasteiger partial charge is 0.494 e. The number of nitro groups is 1. The molecule has 41 heavy (non-hydrogen) atoms. The molecule has 3 amide bonds. The van der Waals surface area contributed by atoms with Crippen molar-refractivity contribution in [2.45, 2.75) is 6.42 Å². The number of imide groups is 1. The van der Waals surface area contributed by atoms with Crippen LogP contribution >= 0.6 is 46.4 Å². The number of hydrogen-bond acceptors (Lipinski definition) is 8. The number of amides is 3. The van der Waals surface area contributed by atoms with Crippen molar-refractivity contribution in [3.05, 3.63) is 83.8 Å². The number of hydrogen-bond donors (Lipinski definition) is 0. The van der Waals surface area contributed by atoms with Crippen LogP contribution < -0.4 is 19.3 Å². The molecule has 0 bridgehead atoms. The molecule has 0 aromatic heterocycles. The first kappa shape index (κ1) is 28.6. The van der Waals surface area contributed by atoms with Crippen LogP contribution in [-0.2, 0) is 9.59 Å². The lowest BCUT2D eigenvalue weighted by Gasteiger charge is -2.19. The zero-order valence-corrected chi connectivity index (χ0v) is 23.7. The first-order valence-electron chi connectivity index (χ1n) is 11.6. The minimum atomic E-state index is -0.836. The number of anilines is 2. The maximum absolute atomic E-state index is 13.1. The number of halogens is 4. The second-order valence-electron chi connectivity index (χ2n) is 8.89. The summed E-state index contributed by atoms with van der Waals surface area (Å²) >= 11 is 24.4. The Kier molecular flexibility index (Phi) is 7.56. The van der Waals surface area contributed by atoms with E-state index in [9.17, 15) is 29.3 Å². The van der Waals surface area contributed by atoms with Gasteiger partial charge in [-0.1, -0.05) is 46.4 Å². The van der Waals surface area contributed by atoms with Gasteiger partial charge in [0.25, 0.3) is 17.5 Å². The average molecular weight is 639 g/mol. The normalized spacial score (nSPS) is 16.3. The predicted molar refractivity (Wildman–Crippen MR) is 150 cm³/mol. The quantitative estimate of drug-likeness (QED) is 0.0612. The Morgan fingerprint density at radius 1 is 0.927 bits per heavy atom. The van der Waals surface area contributed by atoms with Crippen molar-refractivity contribution < 1.29 is 33.6 Å². The number of nitrogens with zero attached hydrogens (tertiary/aromatic N) is 3. The Bertz CT molecular complexity index is 1630. The van der Waals surface area contributed by atoms with Gasteiger partial charge in [0.05, 0.1) is 66.6 Å². The first-order valence-corrected chi connectivity index (χ1v) is 13.1. The van der Waals surface area contributed by atoms with Crippen molar-refractivity contribution in [3.8, 4) is 11.5 Å². The number of nitro benzene ring substituents is 1. The van der Waals surface area contributed by atoms with Gasteiger partial charge in [0.1, 0.15) is 11.5 Å². The summed E-state index contributed by atoms with van der Waals surface area (Å²) in [5.41, 5.74) is -0.135. The smallest absolute Gasteiger partial charge is 0.316 e. The van der Waals surface area contributed by atoms with E-state index < -0.39 is 34.5 Å². The van der Waals surface area contributed by atoms with Crippen LogP contribution in [0.15, 0.2) is 42.5 Å². The van der Waals surface area contributed by atoms with Crippen molar-refractivity contribution in [2.24, 2.45) is 5.92 Å². The summed E-state index contributed by atoms with van der Waals surface area (Å²) in [7, 11) is 1.31. The summed E-state index contributed by atoms with van der Waals surface area (Å²) in [4.78, 5) is 64.3. The predicted octanol–water partition coefficient (Wildman–Crippen LogP) is 5.98. The number of benzene rings is 3. The van der Waals surface area contributed by atoms with Gasteiger partial charge in [-0.15, -0.1) is 0 Å². The topological polar surface area (TPSA) is 136 Å². The molecule has 11 nitrogen and oxygen atoms in total. The molecular weight excluding hydrogens is 624 g/mol. The third-order valence-corrected chi connectivity index (χ3v) is 8.34. The third-order valence-electron chi connectivity index (χ3n) is 6.54. The summed E-state index contributed by atoms with van der Waals surface area (Å²) < 4.78 is 10.6. The highest BCUT2D eigenvalue weighted by Crippen LogP contribution is 2.46. The zero-order valence-electron chi connectivity index (χ0n) is 20.7. The van der Waals surface area contributed by atoms with Crippen LogP contribution in [0.4, 0.5) is 17.1 Å². The number of carbonyl (C=O) groups excluding carboxylic acids is 4. The fourth-order valence-corrected chi connectivity index (χ4v) is 5.56. The number of carbonyl (C=O) groups is 4. The molecule has 1 saturated heterocycles. The van der Waals surface area contributed by atoms with E-state index >= 15 is 0 Å². The van der Waals surface area contributed by atoms with Gasteiger partial charge in [0, 0.05) is 19.0 Å². The van der Waals surface area contributed by atoms with Gasteiger partial charge in [0.15, 0.2) is 0 Å². The molecule has 15 heteroatoms. The second-order valence-corrected chi connectivity index (χ2v) is 10.4. The monoisotopic (exact) mass is 637 g/mol. The van der Waals surface area contributed by atoms with Crippen molar-refractivity contribution >= 4 is 87.2 Å². The number of non-ortho nitro benzene ring substituents is 1. The maximum Gasteiger partial charge on any atom is 0.316 e. The van der Waals surface area contributed by atoms with E-state index in [2.05, 4.69) is 0 Å². The molecule has 2 aliphatic heterocycles. The van der Waals surface area contributed by atoms with Crippen molar-refractivity contribution in [3.63, 3.8) is 0 Å². The van der Waals surface area contributed by atoms with E-state index in [1.165, 1.54) is 54.5 Å². The molecule has 0 radical (unpaired) electrons. The van der Waals surface area contributed by atoms with Gasteiger partial charge in [-0.2, -0.15) is 0 Å². The van der Waals surface area contributed by atoms with Crippen LogP contribution in [-0.4, -0.2) is 42.3 Å². The van der Waals surface area contributed by atoms with Crippen LogP contribution in [0, 0.1) is 16.0 Å². The average Bonchev–Trinajstić information content (AvgIpc) is 3.47. The van der Waals surface area contributed by atoms with Gasteiger partial charge >= 0.3 is 5.97 Å². The molecule has 2 heterocycles. The summed E-state index contributed by atoms with van der Waals surface area (Å²) in [6.45, 7) is -0.0361. The van der Waals surface area contributed by atoms with Gasteiger partial charge in [0.2, 0.25) is 5.91 Å². The highest BCUT2D eigenvalue weighted by molar-refractivity contribution is 6.56. The van der Waals surface area contributed by atoms with Crippen LogP contribution in [0.25, 0.3) is 0 Å². The van der Waals surface area contributed by atoms with Crippen LogP contribution in [0.1, 0.15) is 27.1 Å². The number of methoxy groups -OCH3 is 1. The molecule has 0 saturated carbocycles. The third kappa shape index (κ3) is 4.84. The Labute approximate surface area is 251 Å². The summed E-state index contributed by atoms with van der Waals surface area (Å²) in [6, 6.07) is 9.30. The molecule has 0 unspecified atom stereocenters.